The van der Waals surface area contributed by atoms with Gasteiger partial charge in [0.2, 0.25) is 0 Å². The van der Waals surface area contributed by atoms with E-state index < -0.39 is 0 Å². The lowest BCUT2D eigenvalue weighted by atomic mass is 9.95. The van der Waals surface area contributed by atoms with Gasteiger partial charge in [0.15, 0.2) is 11.6 Å². The molecule has 2 rings (SSSR count). The zero-order valence-electron chi connectivity index (χ0n) is 8.75. The van der Waals surface area contributed by atoms with Gasteiger partial charge >= 0.3 is 0 Å². The first-order valence-electron chi connectivity index (χ1n) is 4.85. The summed E-state index contributed by atoms with van der Waals surface area (Å²) in [5.41, 5.74) is 0.717. The van der Waals surface area contributed by atoms with E-state index >= 15 is 0 Å². The number of hydrogen-bond donors (Lipinski definition) is 0. The highest BCUT2D eigenvalue weighted by Crippen LogP contribution is 2.53. The number of methoxy groups -OCH3 is 1. The molecule has 2 unspecified atom stereocenters. The standard InChI is InChI=1S/C12H12FNO/c1-12(6-9(12)7-14)8-3-4-11(15-2)10(13)5-8/h3-5,9H,6H2,1-2H3. The Morgan fingerprint density at radius 2 is 2.33 bits per heavy atom. The van der Waals surface area contributed by atoms with Gasteiger partial charge in [0.25, 0.3) is 0 Å². The third-order valence-electron chi connectivity index (χ3n) is 3.20. The van der Waals surface area contributed by atoms with Crippen molar-refractivity contribution in [2.75, 3.05) is 7.11 Å². The fourth-order valence-electron chi connectivity index (χ4n) is 1.89. The highest BCUT2D eigenvalue weighted by molar-refractivity contribution is 5.40. The normalized spacial score (nSPS) is 28.3. The molecule has 0 spiro atoms. The van der Waals surface area contributed by atoms with Crippen LogP contribution in [0.25, 0.3) is 0 Å². The van der Waals surface area contributed by atoms with E-state index in [1.807, 2.05) is 13.0 Å². The highest BCUT2D eigenvalue weighted by Gasteiger charge is 2.51. The highest BCUT2D eigenvalue weighted by atomic mass is 19.1. The molecule has 0 radical (unpaired) electrons. The molecule has 0 aliphatic heterocycles. The van der Waals surface area contributed by atoms with Crippen LogP contribution in [0.1, 0.15) is 18.9 Å². The molecule has 0 aromatic heterocycles. The van der Waals surface area contributed by atoms with Crippen LogP contribution < -0.4 is 4.74 Å². The van der Waals surface area contributed by atoms with Gasteiger partial charge in [-0.15, -0.1) is 0 Å². The van der Waals surface area contributed by atoms with Crippen LogP contribution in [-0.2, 0) is 5.41 Å². The molecule has 0 heterocycles. The fraction of sp³-hybridized carbons (Fsp3) is 0.417. The van der Waals surface area contributed by atoms with Crippen LogP contribution in [0.15, 0.2) is 18.2 Å². The van der Waals surface area contributed by atoms with E-state index in [9.17, 15) is 4.39 Å². The summed E-state index contributed by atoms with van der Waals surface area (Å²) in [5, 5.41) is 8.80. The molecule has 78 valence electrons. The summed E-state index contributed by atoms with van der Waals surface area (Å²) < 4.78 is 18.3. The van der Waals surface area contributed by atoms with Crippen molar-refractivity contribution in [2.24, 2.45) is 5.92 Å². The number of ether oxygens (including phenoxy) is 1. The summed E-state index contributed by atoms with van der Waals surface area (Å²) in [5.74, 6) is -0.0957. The Balaban J connectivity index is 2.33. The number of hydrogen-bond acceptors (Lipinski definition) is 2. The Morgan fingerprint density at radius 1 is 1.60 bits per heavy atom. The van der Waals surface area contributed by atoms with E-state index in [0.29, 0.717) is 0 Å². The van der Waals surface area contributed by atoms with Gasteiger partial charge in [-0.1, -0.05) is 13.0 Å². The molecule has 1 saturated carbocycles. The van der Waals surface area contributed by atoms with Gasteiger partial charge in [0.05, 0.1) is 19.1 Å². The smallest absolute Gasteiger partial charge is 0.165 e. The zero-order valence-corrected chi connectivity index (χ0v) is 8.75. The van der Waals surface area contributed by atoms with Crippen molar-refractivity contribution in [2.45, 2.75) is 18.8 Å². The summed E-state index contributed by atoms with van der Waals surface area (Å²) in [7, 11) is 1.44. The zero-order chi connectivity index (χ0) is 11.1. The van der Waals surface area contributed by atoms with Crippen LogP contribution in [0.2, 0.25) is 0 Å². The average Bonchev–Trinajstić information content (AvgIpc) is 2.91. The summed E-state index contributed by atoms with van der Waals surface area (Å²) >= 11 is 0. The van der Waals surface area contributed by atoms with Crippen LogP contribution in [0.5, 0.6) is 5.75 Å². The lowest BCUT2D eigenvalue weighted by molar-refractivity contribution is 0.385. The maximum atomic E-state index is 13.4. The molecule has 1 fully saturated rings. The molecule has 0 N–H and O–H groups in total. The average molecular weight is 205 g/mol. The molecule has 2 nitrogen and oxygen atoms in total. The van der Waals surface area contributed by atoms with Gasteiger partial charge in [0, 0.05) is 5.41 Å². The quantitative estimate of drug-likeness (QED) is 0.743. The third-order valence-corrected chi connectivity index (χ3v) is 3.20. The van der Waals surface area contributed by atoms with Gasteiger partial charge in [-0.3, -0.25) is 0 Å². The van der Waals surface area contributed by atoms with Crippen molar-refractivity contribution in [1.29, 1.82) is 5.26 Å². The minimum absolute atomic E-state index is 0.0188. The number of nitriles is 1. The first-order chi connectivity index (χ1) is 7.11. The van der Waals surface area contributed by atoms with Crippen molar-refractivity contribution in [3.63, 3.8) is 0 Å². The molecule has 0 amide bonds. The van der Waals surface area contributed by atoms with Crippen molar-refractivity contribution in [1.82, 2.24) is 0 Å². The minimum Gasteiger partial charge on any atom is -0.494 e. The molecule has 0 bridgehead atoms. The van der Waals surface area contributed by atoms with Crippen LogP contribution in [0.4, 0.5) is 4.39 Å². The van der Waals surface area contributed by atoms with E-state index in [1.165, 1.54) is 13.2 Å². The van der Waals surface area contributed by atoms with Crippen molar-refractivity contribution in [3.8, 4) is 11.8 Å². The lowest BCUT2D eigenvalue weighted by Gasteiger charge is -2.10. The predicted molar refractivity (Wildman–Crippen MR) is 54.0 cm³/mol. The first kappa shape index (κ1) is 9.97. The lowest BCUT2D eigenvalue weighted by Crippen LogP contribution is -2.04. The topological polar surface area (TPSA) is 33.0 Å². The molecule has 1 aliphatic carbocycles. The molecule has 1 aliphatic rings. The molecule has 2 atom stereocenters. The van der Waals surface area contributed by atoms with Crippen molar-refractivity contribution in [3.05, 3.63) is 29.6 Å². The van der Waals surface area contributed by atoms with E-state index in [-0.39, 0.29) is 22.9 Å². The Kier molecular flexibility index (Phi) is 2.15. The van der Waals surface area contributed by atoms with E-state index in [2.05, 4.69) is 6.07 Å². The second kappa shape index (κ2) is 3.23. The van der Waals surface area contributed by atoms with Gasteiger partial charge in [0.1, 0.15) is 0 Å². The van der Waals surface area contributed by atoms with E-state index in [1.54, 1.807) is 6.07 Å². The molecule has 1 aromatic rings. The summed E-state index contributed by atoms with van der Waals surface area (Å²) in [4.78, 5) is 0. The number of halogens is 1. The van der Waals surface area contributed by atoms with Crippen LogP contribution in [0.3, 0.4) is 0 Å². The SMILES string of the molecule is COc1ccc(C2(C)CC2C#N)cc1F. The van der Waals surface area contributed by atoms with E-state index in [4.69, 9.17) is 10.00 Å². The number of rotatable bonds is 2. The number of benzene rings is 1. The molecule has 15 heavy (non-hydrogen) atoms. The van der Waals surface area contributed by atoms with Gasteiger partial charge in [-0.25, -0.2) is 4.39 Å². The van der Waals surface area contributed by atoms with Crippen LogP contribution in [0, 0.1) is 23.1 Å². The predicted octanol–water partition coefficient (Wildman–Crippen LogP) is 2.64. The third kappa shape index (κ3) is 1.46. The Morgan fingerprint density at radius 3 is 2.80 bits per heavy atom. The maximum absolute atomic E-state index is 13.4. The van der Waals surface area contributed by atoms with Gasteiger partial charge in [-0.05, 0) is 24.1 Å². The molecule has 1 aromatic carbocycles. The second-order valence-corrected chi connectivity index (χ2v) is 4.15. The van der Waals surface area contributed by atoms with Crippen LogP contribution >= 0.6 is 0 Å². The van der Waals surface area contributed by atoms with Crippen molar-refractivity contribution >= 4 is 0 Å². The van der Waals surface area contributed by atoms with Gasteiger partial charge in [-0.2, -0.15) is 5.26 Å². The Bertz CT molecular complexity index is 438. The molecular weight excluding hydrogens is 193 g/mol. The summed E-state index contributed by atoms with van der Waals surface area (Å²) in [6.45, 7) is 1.99. The molecule has 3 heteroatoms. The van der Waals surface area contributed by atoms with Crippen molar-refractivity contribution < 1.29 is 9.13 Å². The maximum Gasteiger partial charge on any atom is 0.165 e. The molecular formula is C12H12FNO. The minimum atomic E-state index is -0.361. The summed E-state index contributed by atoms with van der Waals surface area (Å²) in [6, 6.07) is 7.14. The monoisotopic (exact) mass is 205 g/mol. The largest absolute Gasteiger partial charge is 0.494 e. The van der Waals surface area contributed by atoms with Crippen LogP contribution in [-0.4, -0.2) is 7.11 Å². The Hall–Kier alpha value is -1.56. The second-order valence-electron chi connectivity index (χ2n) is 4.15. The fourth-order valence-corrected chi connectivity index (χ4v) is 1.89. The van der Waals surface area contributed by atoms with E-state index in [0.717, 1.165) is 12.0 Å². The molecule has 0 saturated heterocycles. The Labute approximate surface area is 88.3 Å². The first-order valence-corrected chi connectivity index (χ1v) is 4.85. The van der Waals surface area contributed by atoms with Gasteiger partial charge < -0.3 is 4.74 Å². The number of nitrogens with zero attached hydrogens (tertiary/aromatic N) is 1. The summed E-state index contributed by atoms with van der Waals surface area (Å²) in [6.07, 6.45) is 0.815.